The molecule has 0 heterocycles. The third kappa shape index (κ3) is 2.59. The minimum atomic E-state index is -1.06. The molecule has 3 aromatic rings. The number of rotatable bonds is 2. The Morgan fingerprint density at radius 1 is 0.636 bits per heavy atom. The minimum absolute atomic E-state index is 0. The van der Waals surface area contributed by atoms with Crippen molar-refractivity contribution in [2.75, 3.05) is 0 Å². The molecular formula is C16H10O5Zn. The fourth-order valence-corrected chi connectivity index (χ4v) is 2.59. The molecule has 0 aromatic heterocycles. The fraction of sp³-hybridized carbons (Fsp3) is 0. The molecule has 0 saturated carbocycles. The standard InChI is InChI=1S/C16H10O4.O.Zn/c17-15(18)13-9-5-1-2-6-10(9)14(16(19)20)12-8-4-3-7-11(12)13;;/h1-8H,(H,17,18)(H,19,20);;/q;-2;+2. The number of carbonyl (C=O) groups is 2. The predicted octanol–water partition coefficient (Wildman–Crippen LogP) is 3.27. The van der Waals surface area contributed by atoms with Crippen LogP contribution in [0.5, 0.6) is 0 Å². The van der Waals surface area contributed by atoms with Gasteiger partial charge in [0.15, 0.2) is 0 Å². The van der Waals surface area contributed by atoms with E-state index in [4.69, 9.17) is 0 Å². The summed E-state index contributed by atoms with van der Waals surface area (Å²) in [6, 6.07) is 13.4. The van der Waals surface area contributed by atoms with Crippen LogP contribution >= 0.6 is 0 Å². The molecule has 0 fully saturated rings. The molecule has 0 radical (unpaired) electrons. The van der Waals surface area contributed by atoms with E-state index in [-0.39, 0.29) is 36.1 Å². The number of benzene rings is 3. The van der Waals surface area contributed by atoms with Crippen LogP contribution in [0.3, 0.4) is 0 Å². The molecule has 5 nitrogen and oxygen atoms in total. The second kappa shape index (κ2) is 6.64. The Kier molecular flexibility index (Phi) is 5.36. The van der Waals surface area contributed by atoms with Crippen LogP contribution in [-0.2, 0) is 25.0 Å². The van der Waals surface area contributed by atoms with Gasteiger partial charge in [-0.15, -0.1) is 0 Å². The van der Waals surface area contributed by atoms with E-state index in [0.29, 0.717) is 21.5 Å². The Balaban J connectivity index is 0.00000121. The number of fused-ring (bicyclic) bond motifs is 2. The van der Waals surface area contributed by atoms with Gasteiger partial charge in [-0.25, -0.2) is 9.59 Å². The Morgan fingerprint density at radius 2 is 0.864 bits per heavy atom. The van der Waals surface area contributed by atoms with Crippen molar-refractivity contribution in [3.05, 3.63) is 59.7 Å². The van der Waals surface area contributed by atoms with Crippen LogP contribution in [0.4, 0.5) is 0 Å². The van der Waals surface area contributed by atoms with Crippen LogP contribution in [0.25, 0.3) is 21.5 Å². The first-order chi connectivity index (χ1) is 9.61. The third-order valence-electron chi connectivity index (χ3n) is 3.36. The van der Waals surface area contributed by atoms with Gasteiger partial charge in [-0.2, -0.15) is 0 Å². The molecule has 0 bridgehead atoms. The van der Waals surface area contributed by atoms with Crippen molar-refractivity contribution in [3.63, 3.8) is 0 Å². The third-order valence-corrected chi connectivity index (χ3v) is 3.36. The summed E-state index contributed by atoms with van der Waals surface area (Å²) in [6.45, 7) is 0. The van der Waals surface area contributed by atoms with Gasteiger partial charge in [0.05, 0.1) is 11.1 Å². The summed E-state index contributed by atoms with van der Waals surface area (Å²) in [7, 11) is 0. The Labute approximate surface area is 138 Å². The Morgan fingerprint density at radius 3 is 1.05 bits per heavy atom. The first-order valence-electron chi connectivity index (χ1n) is 6.01. The summed E-state index contributed by atoms with van der Waals surface area (Å²) in [6.07, 6.45) is 0. The van der Waals surface area contributed by atoms with E-state index in [9.17, 15) is 19.8 Å². The zero-order valence-electron chi connectivity index (χ0n) is 11.4. The summed E-state index contributed by atoms with van der Waals surface area (Å²) in [4.78, 5) is 23.1. The molecule has 0 aliphatic heterocycles. The first kappa shape index (κ1) is 17.8. The Bertz CT molecular complexity index is 744. The van der Waals surface area contributed by atoms with E-state index in [2.05, 4.69) is 0 Å². The zero-order valence-corrected chi connectivity index (χ0v) is 14.4. The predicted molar refractivity (Wildman–Crippen MR) is 76.1 cm³/mol. The molecule has 0 aliphatic carbocycles. The Hall–Kier alpha value is -2.30. The second-order valence-electron chi connectivity index (χ2n) is 4.45. The normalized spacial score (nSPS) is 9.82. The second-order valence-corrected chi connectivity index (χ2v) is 4.45. The maximum atomic E-state index is 11.6. The summed E-state index contributed by atoms with van der Waals surface area (Å²) in [5.41, 5.74) is 0.280. The average molecular weight is 348 g/mol. The van der Waals surface area contributed by atoms with Gasteiger partial charge in [-0.3, -0.25) is 0 Å². The van der Waals surface area contributed by atoms with E-state index in [1.165, 1.54) is 0 Å². The van der Waals surface area contributed by atoms with E-state index >= 15 is 0 Å². The van der Waals surface area contributed by atoms with Crippen LogP contribution in [0.2, 0.25) is 0 Å². The van der Waals surface area contributed by atoms with Gasteiger partial charge in [-0.05, 0) is 21.5 Å². The van der Waals surface area contributed by atoms with Crippen molar-refractivity contribution in [2.24, 2.45) is 0 Å². The monoisotopic (exact) mass is 346 g/mol. The molecule has 3 aromatic carbocycles. The molecule has 0 atom stereocenters. The summed E-state index contributed by atoms with van der Waals surface area (Å²) in [5, 5.41) is 20.7. The molecule has 106 valence electrons. The van der Waals surface area contributed by atoms with Gasteiger partial charge < -0.3 is 15.7 Å². The van der Waals surface area contributed by atoms with E-state index in [1.807, 2.05) is 0 Å². The van der Waals surface area contributed by atoms with E-state index < -0.39 is 11.9 Å². The zero-order chi connectivity index (χ0) is 14.3. The average Bonchev–Trinajstić information content (AvgIpc) is 2.43. The largest absolute Gasteiger partial charge is 2.00 e. The molecule has 6 heteroatoms. The summed E-state index contributed by atoms with van der Waals surface area (Å²) >= 11 is 0. The fourth-order valence-electron chi connectivity index (χ4n) is 2.59. The molecule has 2 N–H and O–H groups in total. The van der Waals surface area contributed by atoms with Gasteiger partial charge >= 0.3 is 31.4 Å². The van der Waals surface area contributed by atoms with Crippen LogP contribution < -0.4 is 0 Å². The van der Waals surface area contributed by atoms with Crippen LogP contribution in [0, 0.1) is 0 Å². The first-order valence-corrected chi connectivity index (χ1v) is 6.01. The van der Waals surface area contributed by atoms with Crippen LogP contribution in [0.15, 0.2) is 48.5 Å². The topological polar surface area (TPSA) is 103 Å². The van der Waals surface area contributed by atoms with Crippen molar-refractivity contribution in [1.29, 1.82) is 0 Å². The van der Waals surface area contributed by atoms with Gasteiger partial charge in [0.1, 0.15) is 0 Å². The maximum absolute atomic E-state index is 11.6. The van der Waals surface area contributed by atoms with Crippen LogP contribution in [-0.4, -0.2) is 22.2 Å². The van der Waals surface area contributed by atoms with Crippen molar-refractivity contribution < 1.29 is 44.8 Å². The number of carboxylic acids is 2. The molecule has 0 unspecified atom stereocenters. The molecule has 0 aliphatic rings. The number of hydrogen-bond donors (Lipinski definition) is 2. The summed E-state index contributed by atoms with van der Waals surface area (Å²) < 4.78 is 0. The molecule has 3 rings (SSSR count). The quantitative estimate of drug-likeness (QED) is 0.548. The molecule has 0 spiro atoms. The maximum Gasteiger partial charge on any atom is 2.00 e. The number of aromatic carboxylic acids is 2. The van der Waals surface area contributed by atoms with Crippen molar-refractivity contribution in [2.45, 2.75) is 0 Å². The molecular weight excluding hydrogens is 338 g/mol. The minimum Gasteiger partial charge on any atom is -2.00 e. The van der Waals surface area contributed by atoms with Crippen molar-refractivity contribution in [3.8, 4) is 0 Å². The van der Waals surface area contributed by atoms with E-state index in [0.717, 1.165) is 0 Å². The van der Waals surface area contributed by atoms with Gasteiger partial charge in [0.25, 0.3) is 0 Å². The van der Waals surface area contributed by atoms with Crippen molar-refractivity contribution >= 4 is 33.5 Å². The number of hydrogen-bond acceptors (Lipinski definition) is 2. The van der Waals surface area contributed by atoms with Crippen molar-refractivity contribution in [1.82, 2.24) is 0 Å². The summed E-state index contributed by atoms with van der Waals surface area (Å²) in [5.74, 6) is -2.12. The van der Waals surface area contributed by atoms with Crippen LogP contribution in [0.1, 0.15) is 20.7 Å². The van der Waals surface area contributed by atoms with E-state index in [1.54, 1.807) is 48.5 Å². The molecule has 0 amide bonds. The van der Waals surface area contributed by atoms with Gasteiger partial charge in [0, 0.05) is 0 Å². The van der Waals surface area contributed by atoms with Gasteiger partial charge in [0.2, 0.25) is 0 Å². The molecule has 22 heavy (non-hydrogen) atoms. The number of carboxylic acid groups (broad SMARTS) is 2. The molecule has 0 saturated heterocycles. The smallest absolute Gasteiger partial charge is 2.00 e. The van der Waals surface area contributed by atoms with Gasteiger partial charge in [-0.1, -0.05) is 48.5 Å². The SMILES string of the molecule is O=C(O)c1c2ccccc2c(C(=O)O)c2ccccc12.[O-2].[Zn+2].